The Balaban J connectivity index is 1.86. The Hall–Kier alpha value is -2.85. The summed E-state index contributed by atoms with van der Waals surface area (Å²) in [5.74, 6) is 0. The van der Waals surface area contributed by atoms with Crippen molar-refractivity contribution in [3.05, 3.63) is 65.4 Å². The van der Waals surface area contributed by atoms with Crippen molar-refractivity contribution in [3.8, 4) is 0 Å². The van der Waals surface area contributed by atoms with Crippen molar-refractivity contribution in [1.29, 1.82) is 0 Å². The molecule has 4 aromatic rings. The van der Waals surface area contributed by atoms with Gasteiger partial charge in [0, 0.05) is 31.4 Å². The number of anilines is 2. The van der Waals surface area contributed by atoms with Gasteiger partial charge < -0.3 is 9.32 Å². The van der Waals surface area contributed by atoms with E-state index in [1.54, 1.807) is 0 Å². The minimum absolute atomic E-state index is 0.0593. The van der Waals surface area contributed by atoms with Crippen LogP contribution in [0.3, 0.4) is 0 Å². The second kappa shape index (κ2) is 6.35. The van der Waals surface area contributed by atoms with Crippen LogP contribution in [0.15, 0.2) is 52.9 Å². The van der Waals surface area contributed by atoms with Crippen molar-refractivity contribution in [3.63, 3.8) is 0 Å². The molecule has 0 fully saturated rings. The Morgan fingerprint density at radius 1 is 1.07 bits per heavy atom. The Morgan fingerprint density at radius 2 is 1.86 bits per heavy atom. The van der Waals surface area contributed by atoms with Crippen LogP contribution in [0.1, 0.15) is 26.5 Å². The lowest BCUT2D eigenvalue weighted by atomic mass is 10.0. The van der Waals surface area contributed by atoms with Gasteiger partial charge in [-0.15, -0.1) is 0 Å². The van der Waals surface area contributed by atoms with Gasteiger partial charge in [-0.05, 0) is 63.5 Å². The zero-order valence-corrected chi connectivity index (χ0v) is 16.7. The van der Waals surface area contributed by atoms with E-state index in [1.165, 1.54) is 0 Å². The minimum atomic E-state index is -1.46. The summed E-state index contributed by atoms with van der Waals surface area (Å²) >= 11 is 0. The number of aromatic nitrogens is 1. The highest BCUT2D eigenvalue weighted by atomic mass is 16.3. The van der Waals surface area contributed by atoms with Crippen LogP contribution >= 0.6 is 0 Å². The van der Waals surface area contributed by atoms with Crippen molar-refractivity contribution in [2.45, 2.75) is 33.3 Å². The predicted molar refractivity (Wildman–Crippen MR) is 115 cm³/mol. The molecule has 0 radical (unpaired) electrons. The van der Waals surface area contributed by atoms with Crippen molar-refractivity contribution < 1.29 is 7.16 Å². The summed E-state index contributed by atoms with van der Waals surface area (Å²) in [6, 6.07) is 16.1. The molecule has 0 bridgehead atoms. The molecule has 4 nitrogen and oxygen atoms in total. The first kappa shape index (κ1) is 15.1. The molecule has 0 N–H and O–H groups in total. The quantitative estimate of drug-likeness (QED) is 0.437. The number of pyridine rings is 1. The second-order valence-electron chi connectivity index (χ2n) is 7.63. The number of furan rings is 1. The fraction of sp³-hybridized carbons (Fsp3) is 0.292. The van der Waals surface area contributed by atoms with Crippen LogP contribution in [0.25, 0.3) is 22.1 Å². The van der Waals surface area contributed by atoms with E-state index in [0.717, 1.165) is 39.0 Å². The topological polar surface area (TPSA) is 32.5 Å². The fourth-order valence-corrected chi connectivity index (χ4v) is 4.08. The first-order chi connectivity index (χ1) is 14.3. The number of benzene rings is 2. The summed E-state index contributed by atoms with van der Waals surface area (Å²) in [5.41, 5.74) is 5.96. The van der Waals surface area contributed by atoms with Gasteiger partial charge >= 0.3 is 0 Å². The van der Waals surface area contributed by atoms with Crippen LogP contribution < -0.4 is 4.90 Å². The third-order valence-electron chi connectivity index (χ3n) is 5.76. The molecule has 1 unspecified atom stereocenters. The summed E-state index contributed by atoms with van der Waals surface area (Å²) in [7, 11) is 1.97. The molecule has 1 aliphatic rings. The van der Waals surface area contributed by atoms with Gasteiger partial charge in [0.1, 0.15) is 0 Å². The Labute approximate surface area is 168 Å². The maximum atomic E-state index is 8.71. The van der Waals surface area contributed by atoms with Gasteiger partial charge in [-0.3, -0.25) is 4.90 Å². The number of para-hydroxylation sites is 1. The molecule has 0 saturated carbocycles. The molecule has 2 aromatic carbocycles. The monoisotopic (exact) mass is 373 g/mol. The van der Waals surface area contributed by atoms with E-state index in [1.807, 2.05) is 44.3 Å². The van der Waals surface area contributed by atoms with Crippen LogP contribution in [0.4, 0.5) is 11.4 Å². The maximum Gasteiger partial charge on any atom is 0.227 e. The molecule has 4 heteroatoms. The van der Waals surface area contributed by atoms with Crippen LogP contribution in [0.5, 0.6) is 0 Å². The van der Waals surface area contributed by atoms with Gasteiger partial charge in [0.25, 0.3) is 0 Å². The molecule has 3 heterocycles. The first-order valence-electron chi connectivity index (χ1n) is 10.7. The predicted octanol–water partition coefficient (Wildman–Crippen LogP) is 5.57. The van der Waals surface area contributed by atoms with Crippen molar-refractivity contribution in [2.24, 2.45) is 0 Å². The van der Waals surface area contributed by atoms with Crippen LogP contribution in [-0.4, -0.2) is 29.6 Å². The van der Waals surface area contributed by atoms with Crippen molar-refractivity contribution in [1.82, 2.24) is 9.88 Å². The molecular formula is C24H25N3O. The number of aryl methyl sites for hydroxylation is 2. The lowest BCUT2D eigenvalue weighted by molar-refractivity contribution is 0.271. The molecular weight excluding hydrogens is 346 g/mol. The first-order valence-corrected chi connectivity index (χ1v) is 9.66. The smallest absolute Gasteiger partial charge is 0.227 e. The largest absolute Gasteiger partial charge is 0.435 e. The average Bonchev–Trinajstić information content (AvgIpc) is 3.03. The number of hydrogen-bond acceptors (Lipinski definition) is 4. The molecule has 142 valence electrons. The summed E-state index contributed by atoms with van der Waals surface area (Å²) in [4.78, 5) is 8.87. The Bertz CT molecular complexity index is 1280. The van der Waals surface area contributed by atoms with Gasteiger partial charge in [-0.1, -0.05) is 30.3 Å². The summed E-state index contributed by atoms with van der Waals surface area (Å²) < 4.78 is 23.8. The normalized spacial score (nSPS) is 20.7. The highest BCUT2D eigenvalue weighted by Crippen LogP contribution is 2.42. The van der Waals surface area contributed by atoms with Gasteiger partial charge in [-0.25, -0.2) is 4.98 Å². The number of hydrogen-bond donors (Lipinski definition) is 0. The number of nitrogens with zero attached hydrogens (tertiary/aromatic N) is 3. The van der Waals surface area contributed by atoms with E-state index < -0.39 is 6.37 Å². The van der Waals surface area contributed by atoms with E-state index in [-0.39, 0.29) is 6.17 Å². The molecule has 0 spiro atoms. The molecule has 5 rings (SSSR count). The zero-order valence-electron chi connectivity index (χ0n) is 18.7. The molecule has 0 saturated heterocycles. The van der Waals surface area contributed by atoms with Crippen molar-refractivity contribution in [2.75, 3.05) is 18.5 Å². The fourth-order valence-electron chi connectivity index (χ4n) is 4.08. The molecule has 2 aromatic heterocycles. The average molecular weight is 373 g/mol. The van der Waals surface area contributed by atoms with E-state index >= 15 is 0 Å². The summed E-state index contributed by atoms with van der Waals surface area (Å²) in [6.07, 6.45) is -1.51. The third kappa shape index (κ3) is 2.52. The Morgan fingerprint density at radius 3 is 2.71 bits per heavy atom. The minimum Gasteiger partial charge on any atom is -0.435 e. The molecule has 0 amide bonds. The lowest BCUT2D eigenvalue weighted by Crippen LogP contribution is -2.41. The molecule has 28 heavy (non-hydrogen) atoms. The number of likely N-dealkylation sites (N-methyl/N-ethyl adjacent to an activating group) is 1. The van der Waals surface area contributed by atoms with Crippen LogP contribution in [-0.2, 0) is 6.37 Å². The lowest BCUT2D eigenvalue weighted by Gasteiger charge is -2.36. The third-order valence-corrected chi connectivity index (χ3v) is 5.76. The highest BCUT2D eigenvalue weighted by Gasteiger charge is 2.29. The van der Waals surface area contributed by atoms with Gasteiger partial charge in [0.2, 0.25) is 5.71 Å². The highest BCUT2D eigenvalue weighted by molar-refractivity contribution is 6.09. The zero-order chi connectivity index (χ0) is 21.2. The summed E-state index contributed by atoms with van der Waals surface area (Å²) in [5, 5.41) is 2.02. The Kier molecular flexibility index (Phi) is 3.43. The van der Waals surface area contributed by atoms with E-state index in [0.29, 0.717) is 17.8 Å². The van der Waals surface area contributed by atoms with E-state index in [2.05, 4.69) is 46.8 Å². The standard InChI is InChI=1S/C24H25N3O/c1-15-9-11-19-20-12-10-16(2)25-24(20)28-23(19)22(15)27-17(3)26(4)14-13-18-7-5-6-8-21(18)27/h5-12,17H,13-14H2,1-4H3/i13D2. The SMILES string of the molecule is [2H]C1([2H])CN(C)C(C)N(c2c(C)ccc3c2oc2nc(C)ccc23)c2ccccc21. The van der Waals surface area contributed by atoms with Crippen molar-refractivity contribution >= 4 is 33.4 Å². The number of rotatable bonds is 1. The summed E-state index contributed by atoms with van der Waals surface area (Å²) in [6.45, 7) is 6.47. The second-order valence-corrected chi connectivity index (χ2v) is 7.63. The van der Waals surface area contributed by atoms with Gasteiger partial charge in [0.05, 0.1) is 11.9 Å². The molecule has 1 aliphatic heterocycles. The van der Waals surface area contributed by atoms with Gasteiger partial charge in [0.15, 0.2) is 5.58 Å². The molecule has 1 atom stereocenters. The van der Waals surface area contributed by atoms with E-state index in [9.17, 15) is 0 Å². The maximum absolute atomic E-state index is 8.71. The van der Waals surface area contributed by atoms with Gasteiger partial charge in [-0.2, -0.15) is 0 Å². The van der Waals surface area contributed by atoms with Crippen LogP contribution in [0.2, 0.25) is 0 Å². The van der Waals surface area contributed by atoms with Crippen LogP contribution in [0, 0.1) is 13.8 Å². The number of fused-ring (bicyclic) bond motifs is 4. The van der Waals surface area contributed by atoms with E-state index in [4.69, 9.17) is 7.16 Å². The molecule has 0 aliphatic carbocycles.